The number of carbonyl (C=O) groups excluding carboxylic acids is 1. The molecule has 0 saturated carbocycles. The predicted octanol–water partition coefficient (Wildman–Crippen LogP) is 1.63. The third-order valence-corrected chi connectivity index (χ3v) is 7.84. The van der Waals surface area contributed by atoms with Crippen molar-refractivity contribution in [3.05, 3.63) is 79.2 Å². The lowest BCUT2D eigenvalue weighted by atomic mass is 9.86. The van der Waals surface area contributed by atoms with Crippen molar-refractivity contribution in [2.75, 3.05) is 13.4 Å². The van der Waals surface area contributed by atoms with Gasteiger partial charge in [0.2, 0.25) is 12.2 Å². The number of rotatable bonds is 4. The quantitative estimate of drug-likeness (QED) is 0.321. The number of cyclic esters (lactones) is 1. The second kappa shape index (κ2) is 8.47. The molecule has 3 aliphatic rings. The Kier molecular flexibility index (Phi) is 5.19. The molecule has 0 fully saturated rings. The molecule has 3 aromatic heterocycles. The second-order valence-corrected chi connectivity index (χ2v) is 9.89. The first-order chi connectivity index (χ1) is 19.3. The summed E-state index contributed by atoms with van der Waals surface area (Å²) in [5.74, 6) is -0.632. The fraction of sp³-hybridized carbons (Fsp3) is 0.286. The maximum Gasteiger partial charge on any atom is 0.343 e. The smallest absolute Gasteiger partial charge is 0.343 e. The summed E-state index contributed by atoms with van der Waals surface area (Å²) in [5.41, 5.74) is -1.54. The molecule has 0 unspecified atom stereocenters. The number of aliphatic hydroxyl groups is 2. The Bertz CT molecular complexity index is 1910. The predicted molar refractivity (Wildman–Crippen MR) is 137 cm³/mol. The molecule has 204 valence electrons. The van der Waals surface area contributed by atoms with E-state index in [1.165, 1.54) is 10.6 Å². The van der Waals surface area contributed by atoms with E-state index in [9.17, 15) is 24.6 Å². The zero-order valence-corrected chi connectivity index (χ0v) is 21.2. The van der Waals surface area contributed by atoms with Crippen LogP contribution in [0.4, 0.5) is 4.39 Å². The minimum atomic E-state index is -2.05. The van der Waals surface area contributed by atoms with Gasteiger partial charge in [0.15, 0.2) is 17.1 Å². The first kappa shape index (κ1) is 24.5. The molecular formula is C28H22FN3O8. The standard InChI is InChI=1S/C28H22FN3O8/c1-2-28(37)16-9-19-23-20(10-31(19)26(35)15(16)11-38-27(28)36)32(13-3-4-21-22(7-13)40-12-39-21)25-14(24(23)34)8-17(29)18(30-25)5-6-33/h3-4,7-9,33,37H,2,5-6,10-12H2,1H3/t28-/m0/s1. The fourth-order valence-electron chi connectivity index (χ4n) is 5.77. The monoisotopic (exact) mass is 547 g/mol. The summed E-state index contributed by atoms with van der Waals surface area (Å²) in [4.78, 5) is 44.6. The Labute approximate surface area is 224 Å². The number of nitrogens with zero attached hydrogens (tertiary/aromatic N) is 3. The number of carbonyl (C=O) groups is 1. The van der Waals surface area contributed by atoms with Gasteiger partial charge in [-0.3, -0.25) is 14.2 Å². The van der Waals surface area contributed by atoms with Crippen molar-refractivity contribution in [3.63, 3.8) is 0 Å². The molecule has 3 aliphatic heterocycles. The number of benzene rings is 1. The van der Waals surface area contributed by atoms with Gasteiger partial charge in [0.05, 0.1) is 45.8 Å². The molecule has 0 bridgehead atoms. The number of halogens is 1. The third kappa shape index (κ3) is 3.17. The minimum absolute atomic E-state index is 0.0179. The zero-order valence-electron chi connectivity index (χ0n) is 21.2. The van der Waals surface area contributed by atoms with Crippen molar-refractivity contribution in [1.29, 1.82) is 0 Å². The van der Waals surface area contributed by atoms with Gasteiger partial charge < -0.3 is 29.0 Å². The molecule has 4 aromatic rings. The van der Waals surface area contributed by atoms with Crippen molar-refractivity contribution >= 4 is 17.0 Å². The highest BCUT2D eigenvalue weighted by atomic mass is 19.1. The average molecular weight is 547 g/mol. The second-order valence-electron chi connectivity index (χ2n) is 9.89. The highest BCUT2D eigenvalue weighted by molar-refractivity contribution is 5.87. The van der Waals surface area contributed by atoms with Crippen LogP contribution in [-0.2, 0) is 34.7 Å². The Hall–Kier alpha value is -4.55. The van der Waals surface area contributed by atoms with Crippen LogP contribution in [0.5, 0.6) is 11.5 Å². The molecule has 6 heterocycles. The van der Waals surface area contributed by atoms with Crippen LogP contribution in [0.2, 0.25) is 0 Å². The number of aliphatic hydroxyl groups excluding tert-OH is 1. The molecule has 7 rings (SSSR count). The number of pyridine rings is 3. The maximum atomic E-state index is 15.0. The van der Waals surface area contributed by atoms with Gasteiger partial charge >= 0.3 is 5.97 Å². The van der Waals surface area contributed by atoms with Crippen LogP contribution in [0.15, 0.2) is 39.9 Å². The van der Waals surface area contributed by atoms with E-state index in [4.69, 9.17) is 14.2 Å². The number of hydrogen-bond acceptors (Lipinski definition) is 9. The lowest BCUT2D eigenvalue weighted by molar-refractivity contribution is -0.172. The van der Waals surface area contributed by atoms with E-state index in [1.807, 2.05) is 0 Å². The Balaban J connectivity index is 1.58. The maximum absolute atomic E-state index is 15.0. The van der Waals surface area contributed by atoms with Crippen molar-refractivity contribution in [1.82, 2.24) is 14.1 Å². The van der Waals surface area contributed by atoms with E-state index in [-0.39, 0.29) is 78.5 Å². The van der Waals surface area contributed by atoms with Gasteiger partial charge in [-0.1, -0.05) is 6.92 Å². The van der Waals surface area contributed by atoms with Crippen LogP contribution in [0.1, 0.15) is 35.9 Å². The molecule has 40 heavy (non-hydrogen) atoms. The molecule has 1 atom stereocenters. The van der Waals surface area contributed by atoms with Gasteiger partial charge in [0.25, 0.3) is 5.56 Å². The molecule has 0 aliphatic carbocycles. The summed E-state index contributed by atoms with van der Waals surface area (Å²) in [6, 6.07) is 7.69. The van der Waals surface area contributed by atoms with Crippen molar-refractivity contribution < 1.29 is 33.6 Å². The molecule has 0 amide bonds. The summed E-state index contributed by atoms with van der Waals surface area (Å²) >= 11 is 0. The van der Waals surface area contributed by atoms with Crippen LogP contribution in [-0.4, -0.2) is 43.7 Å². The first-order valence-electron chi connectivity index (χ1n) is 12.7. The molecular weight excluding hydrogens is 525 g/mol. The number of aromatic nitrogens is 3. The number of hydrogen-bond donors (Lipinski definition) is 2. The fourth-order valence-corrected chi connectivity index (χ4v) is 5.77. The molecule has 2 N–H and O–H groups in total. The summed E-state index contributed by atoms with van der Waals surface area (Å²) < 4.78 is 34.2. The van der Waals surface area contributed by atoms with E-state index in [0.29, 0.717) is 22.9 Å². The lowest BCUT2D eigenvalue weighted by Gasteiger charge is -2.31. The summed E-state index contributed by atoms with van der Waals surface area (Å²) in [7, 11) is 0. The molecule has 11 nitrogen and oxygen atoms in total. The average Bonchev–Trinajstić information content (AvgIpc) is 3.57. The summed E-state index contributed by atoms with van der Waals surface area (Å²) in [6.07, 6.45) is -0.110. The number of fused-ring (bicyclic) bond motifs is 6. The summed E-state index contributed by atoms with van der Waals surface area (Å²) in [6.45, 7) is 0.941. The minimum Gasteiger partial charge on any atom is -0.458 e. The molecule has 1 aromatic carbocycles. The van der Waals surface area contributed by atoms with Gasteiger partial charge in [-0.2, -0.15) is 0 Å². The van der Waals surface area contributed by atoms with E-state index >= 15 is 4.39 Å². The Morgan fingerprint density at radius 2 is 1.90 bits per heavy atom. The van der Waals surface area contributed by atoms with Gasteiger partial charge in [-0.25, -0.2) is 14.2 Å². The SMILES string of the molecule is CC[C@@]1(O)C(=O)OCc2c1cc1n(c2=O)Cc2c-1c(=O)c1cc(F)c(CCO)nc1n2-c1ccc2c(c1)OCO2. The van der Waals surface area contributed by atoms with Crippen LogP contribution in [0, 0.1) is 5.82 Å². The van der Waals surface area contributed by atoms with Crippen molar-refractivity contribution in [2.24, 2.45) is 0 Å². The van der Waals surface area contributed by atoms with Gasteiger partial charge in [0, 0.05) is 24.7 Å². The molecule has 0 spiro atoms. The normalized spacial score (nSPS) is 18.4. The highest BCUT2D eigenvalue weighted by Crippen LogP contribution is 2.40. The van der Waals surface area contributed by atoms with E-state index in [0.717, 1.165) is 6.07 Å². The molecule has 0 radical (unpaired) electrons. The van der Waals surface area contributed by atoms with Crippen LogP contribution in [0.25, 0.3) is 28.0 Å². The number of esters is 1. The molecule has 12 heteroatoms. The van der Waals surface area contributed by atoms with Gasteiger partial charge in [-0.05, 0) is 30.7 Å². The van der Waals surface area contributed by atoms with Gasteiger partial charge in [-0.15, -0.1) is 0 Å². The highest BCUT2D eigenvalue weighted by Gasteiger charge is 2.45. The van der Waals surface area contributed by atoms with E-state index in [1.54, 1.807) is 29.7 Å². The largest absolute Gasteiger partial charge is 0.458 e. The van der Waals surface area contributed by atoms with Crippen molar-refractivity contribution in [3.8, 4) is 28.4 Å². The summed E-state index contributed by atoms with van der Waals surface area (Å²) in [5, 5.41) is 20.6. The number of ether oxygens (including phenoxy) is 3. The van der Waals surface area contributed by atoms with E-state index in [2.05, 4.69) is 4.98 Å². The van der Waals surface area contributed by atoms with Crippen LogP contribution < -0.4 is 20.5 Å². The third-order valence-electron chi connectivity index (χ3n) is 7.84. The molecule has 0 saturated heterocycles. The Morgan fingerprint density at radius 1 is 1.10 bits per heavy atom. The lowest BCUT2D eigenvalue weighted by Crippen LogP contribution is -2.44. The first-order valence-corrected chi connectivity index (χ1v) is 12.7. The van der Waals surface area contributed by atoms with Crippen LogP contribution in [0.3, 0.4) is 0 Å². The van der Waals surface area contributed by atoms with Crippen molar-refractivity contribution in [2.45, 2.75) is 38.5 Å². The van der Waals surface area contributed by atoms with Crippen LogP contribution >= 0.6 is 0 Å². The topological polar surface area (TPSA) is 142 Å². The Morgan fingerprint density at radius 3 is 2.67 bits per heavy atom. The zero-order chi connectivity index (χ0) is 27.9. The van der Waals surface area contributed by atoms with Gasteiger partial charge in [0.1, 0.15) is 18.1 Å². The van der Waals surface area contributed by atoms with E-state index < -0.39 is 28.4 Å².